The maximum Gasteiger partial charge on any atom is 0.417 e. The number of methoxy groups -OCH3 is 1. The van der Waals surface area contributed by atoms with E-state index in [1.807, 2.05) is 5.32 Å². The van der Waals surface area contributed by atoms with Crippen LogP contribution in [0.15, 0.2) is 53.5 Å². The number of halogens is 8. The minimum atomic E-state index is -4.90. The van der Waals surface area contributed by atoms with Crippen LogP contribution >= 0.6 is 0 Å². The SMILES string of the molecule is CCC(Nc1cc(F)c(C(=O)N[C@@H](Cc2ccc(-c3c(C(F)(F)F)cc(C)n(C)c3=O)c3ncccc23)C(=O)OC)c(F)c1)C(F)(F)F. The van der Waals surface area contributed by atoms with Crippen LogP contribution in [0.25, 0.3) is 22.0 Å². The summed E-state index contributed by atoms with van der Waals surface area (Å²) >= 11 is 0. The number of carbonyl (C=O) groups is 2. The summed E-state index contributed by atoms with van der Waals surface area (Å²) in [4.78, 5) is 43.1. The number of aryl methyl sites for hydroxylation is 1. The van der Waals surface area contributed by atoms with Crippen molar-refractivity contribution in [2.24, 2.45) is 7.05 Å². The van der Waals surface area contributed by atoms with E-state index >= 15 is 0 Å². The number of ether oxygens (including phenoxy) is 1. The van der Waals surface area contributed by atoms with Crippen molar-refractivity contribution in [3.8, 4) is 11.1 Å². The summed E-state index contributed by atoms with van der Waals surface area (Å²) in [6.07, 6.45) is -9.21. The molecule has 2 aromatic heterocycles. The molecule has 1 amide bonds. The zero-order valence-corrected chi connectivity index (χ0v) is 25.7. The van der Waals surface area contributed by atoms with Crippen molar-refractivity contribution in [1.82, 2.24) is 14.9 Å². The van der Waals surface area contributed by atoms with Gasteiger partial charge in [-0.3, -0.25) is 14.6 Å². The number of carbonyl (C=O) groups excluding carboxylic acids is 2. The highest BCUT2D eigenvalue weighted by atomic mass is 19.4. The molecule has 2 heterocycles. The molecule has 48 heavy (non-hydrogen) atoms. The number of anilines is 1. The second kappa shape index (κ2) is 13.6. The van der Waals surface area contributed by atoms with Crippen molar-refractivity contribution in [2.45, 2.75) is 51.1 Å². The topological polar surface area (TPSA) is 102 Å². The fourth-order valence-corrected chi connectivity index (χ4v) is 5.19. The van der Waals surface area contributed by atoms with E-state index in [1.165, 1.54) is 51.4 Å². The van der Waals surface area contributed by atoms with Gasteiger partial charge in [0.25, 0.3) is 11.5 Å². The van der Waals surface area contributed by atoms with Crippen molar-refractivity contribution >= 4 is 28.5 Å². The van der Waals surface area contributed by atoms with Gasteiger partial charge in [0.1, 0.15) is 29.3 Å². The van der Waals surface area contributed by atoms with Gasteiger partial charge < -0.3 is 19.9 Å². The number of rotatable bonds is 9. The van der Waals surface area contributed by atoms with Crippen molar-refractivity contribution in [3.05, 3.63) is 93.0 Å². The lowest BCUT2D eigenvalue weighted by Gasteiger charge is -2.22. The maximum absolute atomic E-state index is 14.9. The third kappa shape index (κ3) is 7.26. The summed E-state index contributed by atoms with van der Waals surface area (Å²) in [6.45, 7) is 2.56. The van der Waals surface area contributed by atoms with Crippen LogP contribution in [0, 0.1) is 18.6 Å². The van der Waals surface area contributed by atoms with E-state index in [2.05, 4.69) is 10.3 Å². The van der Waals surface area contributed by atoms with Gasteiger partial charge in [-0.15, -0.1) is 0 Å². The number of pyridine rings is 2. The van der Waals surface area contributed by atoms with Gasteiger partial charge in [0, 0.05) is 42.0 Å². The molecule has 0 saturated carbocycles. The van der Waals surface area contributed by atoms with Crippen LogP contribution in [-0.2, 0) is 29.2 Å². The number of fused-ring (bicyclic) bond motifs is 1. The minimum Gasteiger partial charge on any atom is -0.467 e. The largest absolute Gasteiger partial charge is 0.467 e. The van der Waals surface area contributed by atoms with Gasteiger partial charge >= 0.3 is 18.3 Å². The zero-order valence-electron chi connectivity index (χ0n) is 25.7. The Kier molecular flexibility index (Phi) is 10.2. The van der Waals surface area contributed by atoms with E-state index in [0.717, 1.165) is 17.7 Å². The van der Waals surface area contributed by atoms with Crippen molar-refractivity contribution < 1.29 is 49.4 Å². The highest BCUT2D eigenvalue weighted by Gasteiger charge is 2.39. The standard InChI is InChI=1S/C32H28F8N4O4/c1-5-24(32(38,39)40)42-17-13-21(33)26(22(34)14-17)28(45)43-23(30(47)48-4)12-16-8-9-19(27-18(16)7-6-10-41-27)25-20(31(35,36)37)11-15(2)44(3)29(25)46/h6-11,13-14,23-24,42H,5,12H2,1-4H3,(H,43,45)/t23-,24?/m0/s1. The number of nitrogens with zero attached hydrogens (tertiary/aromatic N) is 2. The molecule has 8 nitrogen and oxygen atoms in total. The molecule has 0 aliphatic rings. The summed E-state index contributed by atoms with van der Waals surface area (Å²) < 4.78 is 117. The van der Waals surface area contributed by atoms with Gasteiger partial charge in [-0.25, -0.2) is 13.6 Å². The molecular weight excluding hydrogens is 656 g/mol. The molecule has 256 valence electrons. The molecule has 2 aromatic carbocycles. The first kappa shape index (κ1) is 35.8. The van der Waals surface area contributed by atoms with Crippen LogP contribution in [0.5, 0.6) is 0 Å². The van der Waals surface area contributed by atoms with E-state index in [9.17, 15) is 49.5 Å². The predicted molar refractivity (Wildman–Crippen MR) is 159 cm³/mol. The first-order valence-corrected chi connectivity index (χ1v) is 14.2. The van der Waals surface area contributed by atoms with Crippen molar-refractivity contribution in [3.63, 3.8) is 0 Å². The molecule has 0 aliphatic carbocycles. The first-order chi connectivity index (χ1) is 22.4. The number of esters is 1. The number of hydrogen-bond donors (Lipinski definition) is 2. The molecule has 0 saturated heterocycles. The van der Waals surface area contributed by atoms with E-state index < -0.39 is 88.7 Å². The third-order valence-electron chi connectivity index (χ3n) is 7.73. The molecule has 4 rings (SSSR count). The van der Waals surface area contributed by atoms with E-state index in [0.29, 0.717) is 12.1 Å². The Morgan fingerprint density at radius 2 is 1.67 bits per heavy atom. The van der Waals surface area contributed by atoms with Crippen LogP contribution in [0.4, 0.5) is 40.8 Å². The average molecular weight is 685 g/mol. The molecule has 0 aliphatic heterocycles. The zero-order chi connectivity index (χ0) is 35.7. The molecule has 2 atom stereocenters. The van der Waals surface area contributed by atoms with Crippen molar-refractivity contribution in [1.29, 1.82) is 0 Å². The molecule has 0 bridgehead atoms. The lowest BCUT2D eigenvalue weighted by molar-refractivity contribution is -0.143. The van der Waals surface area contributed by atoms with Crippen LogP contribution < -0.4 is 16.2 Å². The quantitative estimate of drug-likeness (QED) is 0.155. The Bertz CT molecular complexity index is 1920. The number of nitrogens with one attached hydrogen (secondary N) is 2. The Balaban J connectivity index is 1.73. The third-order valence-corrected chi connectivity index (χ3v) is 7.73. The second-order valence-electron chi connectivity index (χ2n) is 10.8. The Hall–Kier alpha value is -5.02. The van der Waals surface area contributed by atoms with Gasteiger partial charge in [0.15, 0.2) is 0 Å². The number of amides is 1. The molecule has 0 radical (unpaired) electrons. The lowest BCUT2D eigenvalue weighted by Crippen LogP contribution is -2.43. The van der Waals surface area contributed by atoms with Gasteiger partial charge in [-0.05, 0) is 43.2 Å². The summed E-state index contributed by atoms with van der Waals surface area (Å²) in [5, 5.41) is 4.32. The fourth-order valence-electron chi connectivity index (χ4n) is 5.19. The predicted octanol–water partition coefficient (Wildman–Crippen LogP) is 6.47. The highest BCUT2D eigenvalue weighted by molar-refractivity contribution is 5.99. The summed E-state index contributed by atoms with van der Waals surface area (Å²) in [5.74, 6) is -5.54. The molecule has 16 heteroatoms. The fraction of sp³-hybridized carbons (Fsp3) is 0.312. The monoisotopic (exact) mass is 684 g/mol. The summed E-state index contributed by atoms with van der Waals surface area (Å²) in [5.41, 5.74) is -4.45. The second-order valence-corrected chi connectivity index (χ2v) is 10.8. The van der Waals surface area contributed by atoms with Crippen molar-refractivity contribution in [2.75, 3.05) is 12.4 Å². The van der Waals surface area contributed by atoms with Crippen LogP contribution in [-0.4, -0.2) is 46.8 Å². The lowest BCUT2D eigenvalue weighted by atomic mass is 9.93. The highest BCUT2D eigenvalue weighted by Crippen LogP contribution is 2.38. The number of hydrogen-bond acceptors (Lipinski definition) is 6. The van der Waals surface area contributed by atoms with E-state index in [4.69, 9.17) is 4.74 Å². The molecule has 0 spiro atoms. The Morgan fingerprint density at radius 1 is 1.02 bits per heavy atom. The average Bonchev–Trinajstić information content (AvgIpc) is 3.00. The molecule has 4 aromatic rings. The van der Waals surface area contributed by atoms with Crippen LogP contribution in [0.1, 0.15) is 40.5 Å². The maximum atomic E-state index is 14.9. The van der Waals surface area contributed by atoms with Gasteiger partial charge in [-0.2, -0.15) is 26.3 Å². The normalized spacial score (nSPS) is 13.2. The van der Waals surface area contributed by atoms with E-state index in [-0.39, 0.29) is 27.7 Å². The minimum absolute atomic E-state index is 0.0409. The number of aromatic nitrogens is 2. The van der Waals surface area contributed by atoms with Gasteiger partial charge in [-0.1, -0.05) is 25.1 Å². The van der Waals surface area contributed by atoms with Crippen LogP contribution in [0.3, 0.4) is 0 Å². The molecular formula is C32H28F8N4O4. The van der Waals surface area contributed by atoms with Crippen LogP contribution in [0.2, 0.25) is 0 Å². The summed E-state index contributed by atoms with van der Waals surface area (Å²) in [7, 11) is 2.29. The van der Waals surface area contributed by atoms with Gasteiger partial charge in [0.2, 0.25) is 0 Å². The molecule has 0 fully saturated rings. The molecule has 1 unspecified atom stereocenters. The van der Waals surface area contributed by atoms with Gasteiger partial charge in [0.05, 0.1) is 23.8 Å². The Labute approximate surface area is 267 Å². The first-order valence-electron chi connectivity index (χ1n) is 14.2. The number of alkyl halides is 6. The van der Waals surface area contributed by atoms with E-state index in [1.54, 1.807) is 0 Å². The summed E-state index contributed by atoms with van der Waals surface area (Å²) in [6, 6.07) is 3.53. The molecule has 2 N–H and O–H groups in total. The smallest absolute Gasteiger partial charge is 0.417 e. The Morgan fingerprint density at radius 3 is 2.23 bits per heavy atom. The number of benzene rings is 2.